The average Bonchev–Trinajstić information content (AvgIpc) is 2.55. The van der Waals surface area contributed by atoms with E-state index in [-0.39, 0.29) is 12.4 Å². The maximum atomic E-state index is 5.45. The fourth-order valence-corrected chi connectivity index (χ4v) is 2.76. The van der Waals surface area contributed by atoms with Gasteiger partial charge < -0.3 is 15.4 Å². The number of benzene rings is 1. The van der Waals surface area contributed by atoms with Gasteiger partial charge in [0.1, 0.15) is 5.75 Å². The van der Waals surface area contributed by atoms with Crippen LogP contribution < -0.4 is 15.4 Å². The van der Waals surface area contributed by atoms with Crippen LogP contribution in [0.15, 0.2) is 24.4 Å². The van der Waals surface area contributed by atoms with Crippen molar-refractivity contribution in [2.24, 2.45) is 0 Å². The Hall–Kier alpha value is -1.52. The summed E-state index contributed by atoms with van der Waals surface area (Å²) < 4.78 is 5.45. The van der Waals surface area contributed by atoms with Crippen molar-refractivity contribution in [2.45, 2.75) is 46.1 Å². The molecule has 2 N–H and O–H groups in total. The number of pyridine rings is 1. The van der Waals surface area contributed by atoms with Gasteiger partial charge in [-0.1, -0.05) is 6.92 Å². The number of anilines is 1. The van der Waals surface area contributed by atoms with E-state index in [0.717, 1.165) is 41.9 Å². The van der Waals surface area contributed by atoms with Gasteiger partial charge >= 0.3 is 0 Å². The van der Waals surface area contributed by atoms with Gasteiger partial charge in [-0.3, -0.25) is 4.98 Å². The Bertz CT molecular complexity index is 633. The topological polar surface area (TPSA) is 46.2 Å². The third-order valence-electron chi connectivity index (χ3n) is 4.09. The van der Waals surface area contributed by atoms with Gasteiger partial charge in [0, 0.05) is 23.7 Å². The summed E-state index contributed by atoms with van der Waals surface area (Å²) in [5, 5.41) is 8.20. The van der Waals surface area contributed by atoms with E-state index in [0.29, 0.717) is 6.04 Å². The molecule has 134 valence electrons. The summed E-state index contributed by atoms with van der Waals surface area (Å²) in [5.74, 6) is 0.868. The zero-order valence-corrected chi connectivity index (χ0v) is 16.0. The van der Waals surface area contributed by atoms with Crippen LogP contribution in [0, 0.1) is 6.92 Å². The second kappa shape index (κ2) is 10.4. The highest BCUT2D eigenvalue weighted by Crippen LogP contribution is 2.30. The molecule has 0 aliphatic rings. The molecule has 1 aromatic carbocycles. The second-order valence-electron chi connectivity index (χ2n) is 6.14. The highest BCUT2D eigenvalue weighted by atomic mass is 35.5. The lowest BCUT2D eigenvalue weighted by molar-refractivity contribution is 0.415. The third kappa shape index (κ3) is 5.53. The fourth-order valence-electron chi connectivity index (χ4n) is 2.76. The first-order valence-corrected chi connectivity index (χ1v) is 8.56. The first-order chi connectivity index (χ1) is 11.2. The molecule has 2 rings (SSSR count). The van der Waals surface area contributed by atoms with Crippen molar-refractivity contribution in [3.05, 3.63) is 30.0 Å². The molecule has 5 heteroatoms. The molecule has 0 saturated carbocycles. The van der Waals surface area contributed by atoms with E-state index >= 15 is 0 Å². The smallest absolute Gasteiger partial charge is 0.121 e. The van der Waals surface area contributed by atoms with Gasteiger partial charge in [0.2, 0.25) is 0 Å². The van der Waals surface area contributed by atoms with E-state index in [1.165, 1.54) is 18.4 Å². The largest absolute Gasteiger partial charge is 0.497 e. The van der Waals surface area contributed by atoms with Gasteiger partial charge in [0.15, 0.2) is 0 Å². The van der Waals surface area contributed by atoms with Crippen LogP contribution in [0.25, 0.3) is 10.9 Å². The summed E-state index contributed by atoms with van der Waals surface area (Å²) in [4.78, 5) is 4.56. The minimum Gasteiger partial charge on any atom is -0.497 e. The number of hydrogen-bond donors (Lipinski definition) is 2. The van der Waals surface area contributed by atoms with E-state index in [9.17, 15) is 0 Å². The van der Waals surface area contributed by atoms with Gasteiger partial charge in [-0.2, -0.15) is 0 Å². The van der Waals surface area contributed by atoms with E-state index < -0.39 is 0 Å². The molecule has 0 saturated heterocycles. The predicted molar refractivity (Wildman–Crippen MR) is 106 cm³/mol. The first kappa shape index (κ1) is 20.5. The maximum absolute atomic E-state index is 5.45. The average molecular weight is 352 g/mol. The number of aryl methyl sites for hydroxylation is 1. The lowest BCUT2D eigenvalue weighted by atomic mass is 10.1. The van der Waals surface area contributed by atoms with Crippen molar-refractivity contribution in [1.82, 2.24) is 10.3 Å². The molecular formula is C19H30ClN3O. The van der Waals surface area contributed by atoms with Crippen molar-refractivity contribution in [3.8, 4) is 5.75 Å². The van der Waals surface area contributed by atoms with Crippen LogP contribution in [0.4, 0.5) is 5.69 Å². The Morgan fingerprint density at radius 1 is 1.25 bits per heavy atom. The molecule has 1 unspecified atom stereocenters. The van der Waals surface area contributed by atoms with Gasteiger partial charge in [0.25, 0.3) is 0 Å². The van der Waals surface area contributed by atoms with Crippen molar-refractivity contribution in [2.75, 3.05) is 25.5 Å². The second-order valence-corrected chi connectivity index (χ2v) is 6.14. The zero-order chi connectivity index (χ0) is 16.7. The normalized spacial score (nSPS) is 11.8. The van der Waals surface area contributed by atoms with E-state index in [4.69, 9.17) is 4.74 Å². The Labute approximate surface area is 151 Å². The fraction of sp³-hybridized carbons (Fsp3) is 0.526. The maximum Gasteiger partial charge on any atom is 0.121 e. The molecule has 0 spiro atoms. The van der Waals surface area contributed by atoms with Crippen LogP contribution in [-0.2, 0) is 0 Å². The number of methoxy groups -OCH3 is 1. The molecule has 1 atom stereocenters. The highest BCUT2D eigenvalue weighted by molar-refractivity contribution is 5.94. The molecule has 0 aliphatic carbocycles. The molecule has 4 nitrogen and oxygen atoms in total. The summed E-state index contributed by atoms with van der Waals surface area (Å²) in [5.41, 5.74) is 3.28. The molecule has 2 aromatic rings. The minimum atomic E-state index is 0. The molecule has 24 heavy (non-hydrogen) atoms. The third-order valence-corrected chi connectivity index (χ3v) is 4.09. The lowest BCUT2D eigenvalue weighted by Gasteiger charge is -2.18. The summed E-state index contributed by atoms with van der Waals surface area (Å²) in [6.07, 6.45) is 5.35. The van der Waals surface area contributed by atoms with Gasteiger partial charge in [-0.25, -0.2) is 0 Å². The first-order valence-electron chi connectivity index (χ1n) is 8.56. The van der Waals surface area contributed by atoms with Crippen molar-refractivity contribution in [1.29, 1.82) is 0 Å². The van der Waals surface area contributed by atoms with Gasteiger partial charge in [0.05, 0.1) is 18.3 Å². The molecule has 1 aromatic heterocycles. The predicted octanol–water partition coefficient (Wildman–Crippen LogP) is 4.55. The molecule has 0 fully saturated rings. The summed E-state index contributed by atoms with van der Waals surface area (Å²) >= 11 is 0. The van der Waals surface area contributed by atoms with Gasteiger partial charge in [-0.15, -0.1) is 12.4 Å². The molecule has 0 amide bonds. The zero-order valence-electron chi connectivity index (χ0n) is 15.2. The van der Waals surface area contributed by atoms with E-state index in [1.807, 2.05) is 18.3 Å². The number of nitrogens with one attached hydrogen (secondary N) is 2. The van der Waals surface area contributed by atoms with E-state index in [2.05, 4.69) is 42.5 Å². The number of ether oxygens (including phenoxy) is 1. The lowest BCUT2D eigenvalue weighted by Crippen LogP contribution is -2.20. The summed E-state index contributed by atoms with van der Waals surface area (Å²) in [7, 11) is 1.71. The number of hydrogen-bond acceptors (Lipinski definition) is 4. The Kier molecular flexibility index (Phi) is 8.87. The minimum absolute atomic E-state index is 0. The van der Waals surface area contributed by atoms with Crippen LogP contribution >= 0.6 is 12.4 Å². The Morgan fingerprint density at radius 3 is 2.75 bits per heavy atom. The molecule has 0 radical (unpaired) electrons. The number of fused-ring (bicyclic) bond motifs is 1. The van der Waals surface area contributed by atoms with Crippen molar-refractivity contribution in [3.63, 3.8) is 0 Å². The number of aromatic nitrogens is 1. The van der Waals surface area contributed by atoms with Crippen LogP contribution in [0.1, 0.15) is 38.7 Å². The molecule has 0 aliphatic heterocycles. The quantitative estimate of drug-likeness (QED) is 0.650. The summed E-state index contributed by atoms with van der Waals surface area (Å²) in [6.45, 7) is 8.71. The molecular weight excluding hydrogens is 322 g/mol. The van der Waals surface area contributed by atoms with Crippen molar-refractivity contribution < 1.29 is 4.74 Å². The van der Waals surface area contributed by atoms with Crippen LogP contribution in [-0.4, -0.2) is 31.2 Å². The van der Waals surface area contributed by atoms with Gasteiger partial charge in [-0.05, 0) is 63.9 Å². The Balaban J connectivity index is 0.00000288. The summed E-state index contributed by atoms with van der Waals surface area (Å²) in [6, 6.07) is 6.54. The Morgan fingerprint density at radius 2 is 2.04 bits per heavy atom. The molecule has 1 heterocycles. The monoisotopic (exact) mass is 351 g/mol. The number of rotatable bonds is 9. The van der Waals surface area contributed by atoms with Crippen LogP contribution in [0.5, 0.6) is 5.75 Å². The number of nitrogens with zero attached hydrogens (tertiary/aromatic N) is 1. The highest BCUT2D eigenvalue weighted by Gasteiger charge is 2.10. The van der Waals surface area contributed by atoms with Crippen LogP contribution in [0.2, 0.25) is 0 Å². The number of halogens is 1. The molecule has 0 bridgehead atoms. The van der Waals surface area contributed by atoms with Crippen LogP contribution in [0.3, 0.4) is 0 Å². The standard InChI is InChI=1S/C19H29N3O.ClH/c1-5-9-20-10-6-7-15(3)22-18-13-16(23-4)12-17-14(2)8-11-21-19(17)18;/h8,11-13,15,20,22H,5-7,9-10H2,1-4H3;1H. The van der Waals surface area contributed by atoms with Crippen molar-refractivity contribution >= 4 is 29.0 Å². The van der Waals surface area contributed by atoms with E-state index in [1.54, 1.807) is 7.11 Å². The SMILES string of the molecule is CCCNCCCC(C)Nc1cc(OC)cc2c(C)ccnc12.Cl.